The maximum Gasteiger partial charge on any atom is 0.166 e. The molecule has 2 rings (SSSR count). The number of benzene rings is 2. The molecule has 0 spiro atoms. The normalized spacial score (nSPS) is 13.6. The molecule has 0 aliphatic carbocycles. The van der Waals surface area contributed by atoms with E-state index < -0.39 is 11.8 Å². The van der Waals surface area contributed by atoms with Crippen LogP contribution < -0.4 is 0 Å². The van der Waals surface area contributed by atoms with Crippen LogP contribution >= 0.6 is 0 Å². The summed E-state index contributed by atoms with van der Waals surface area (Å²) in [6.07, 6.45) is 6.82. The quantitative estimate of drug-likeness (QED) is 0.337. The molecule has 0 radical (unpaired) electrons. The van der Waals surface area contributed by atoms with E-state index in [9.17, 15) is 9.59 Å². The minimum atomic E-state index is -0.449. The van der Waals surface area contributed by atoms with Crippen molar-refractivity contribution in [1.29, 1.82) is 0 Å². The number of ketones is 2. The van der Waals surface area contributed by atoms with Gasteiger partial charge in [0.1, 0.15) is 0 Å². The Morgan fingerprint density at radius 3 is 1.34 bits per heavy atom. The minimum absolute atomic E-state index is 0.0162. The maximum atomic E-state index is 12.4. The van der Waals surface area contributed by atoms with Gasteiger partial charge in [0.2, 0.25) is 0 Å². The molecule has 0 aliphatic rings. The molecule has 0 saturated carbocycles. The van der Waals surface area contributed by atoms with Gasteiger partial charge in [0.15, 0.2) is 11.6 Å². The maximum absolute atomic E-state index is 12.4. The Morgan fingerprint density at radius 2 is 1.07 bits per heavy atom. The Morgan fingerprint density at radius 1 is 0.724 bits per heavy atom. The molecule has 2 nitrogen and oxygen atoms in total. The fraction of sp³-hybridized carbons (Fsp3) is 0.185. The molecule has 0 fully saturated rings. The lowest BCUT2D eigenvalue weighted by Crippen LogP contribution is -2.15. The van der Waals surface area contributed by atoms with Crippen LogP contribution in [0.4, 0.5) is 0 Å². The van der Waals surface area contributed by atoms with E-state index in [-0.39, 0.29) is 17.5 Å². The van der Waals surface area contributed by atoms with Gasteiger partial charge in [0, 0.05) is 5.92 Å². The fourth-order valence-corrected chi connectivity index (χ4v) is 3.88. The van der Waals surface area contributed by atoms with Crippen LogP contribution in [0.25, 0.3) is 0 Å². The first-order chi connectivity index (χ1) is 14.0. The lowest BCUT2D eigenvalue weighted by molar-refractivity contribution is -0.115. The van der Waals surface area contributed by atoms with E-state index in [1.165, 1.54) is 12.2 Å². The van der Waals surface area contributed by atoms with Crippen molar-refractivity contribution in [2.24, 2.45) is 0 Å². The average Bonchev–Trinajstić information content (AvgIpc) is 2.76. The molecule has 2 heteroatoms. The lowest BCUT2D eigenvalue weighted by atomic mass is 9.77. The standard InChI is InChI=1S/C27H28O2/c1-6-19(22-15-11-13-17-24(22)20(7-2)26(28)9-4)23-16-12-14-18-25(23)21(8-3)27(29)10-5/h7-21H,2-6H2,1H3. The summed E-state index contributed by atoms with van der Waals surface area (Å²) in [5.41, 5.74) is 3.94. The summed E-state index contributed by atoms with van der Waals surface area (Å²) in [6, 6.07) is 15.8. The highest BCUT2D eigenvalue weighted by Crippen LogP contribution is 2.38. The fourth-order valence-electron chi connectivity index (χ4n) is 3.88. The van der Waals surface area contributed by atoms with Gasteiger partial charge in [-0.1, -0.05) is 80.8 Å². The number of carbonyl (C=O) groups excluding carboxylic acids is 2. The minimum Gasteiger partial charge on any atom is -0.294 e. The van der Waals surface area contributed by atoms with Gasteiger partial charge in [-0.05, 0) is 40.8 Å². The van der Waals surface area contributed by atoms with Crippen molar-refractivity contribution in [3.05, 3.63) is 121 Å². The van der Waals surface area contributed by atoms with E-state index in [0.717, 1.165) is 28.7 Å². The SMILES string of the molecule is C=CC(=O)C(C=C)c1ccccc1C(CC)c1ccccc1C(C=C)C(=O)C=C. The third-order valence-electron chi connectivity index (χ3n) is 5.31. The topological polar surface area (TPSA) is 34.1 Å². The van der Waals surface area contributed by atoms with Crippen molar-refractivity contribution in [3.8, 4) is 0 Å². The molecule has 29 heavy (non-hydrogen) atoms. The van der Waals surface area contributed by atoms with E-state index in [0.29, 0.717) is 0 Å². The van der Waals surface area contributed by atoms with Crippen molar-refractivity contribution < 1.29 is 9.59 Å². The number of hydrogen-bond donors (Lipinski definition) is 0. The molecule has 0 N–H and O–H groups in total. The Balaban J connectivity index is 2.68. The number of carbonyl (C=O) groups is 2. The van der Waals surface area contributed by atoms with Gasteiger partial charge in [-0.15, -0.1) is 13.2 Å². The Kier molecular flexibility index (Phi) is 7.85. The van der Waals surface area contributed by atoms with Gasteiger partial charge in [0.05, 0.1) is 11.8 Å². The smallest absolute Gasteiger partial charge is 0.166 e. The van der Waals surface area contributed by atoms with Crippen LogP contribution in [0, 0.1) is 0 Å². The van der Waals surface area contributed by atoms with Crippen molar-refractivity contribution in [2.75, 3.05) is 0 Å². The van der Waals surface area contributed by atoms with Crippen LogP contribution in [0.1, 0.15) is 53.4 Å². The average molecular weight is 385 g/mol. The molecule has 148 valence electrons. The third kappa shape index (κ3) is 4.60. The second-order valence-corrected chi connectivity index (χ2v) is 6.86. The molecule has 2 aromatic carbocycles. The number of allylic oxidation sites excluding steroid dienone is 4. The Labute approximate surface area is 174 Å². The van der Waals surface area contributed by atoms with Gasteiger partial charge < -0.3 is 0 Å². The summed E-state index contributed by atoms with van der Waals surface area (Å²) >= 11 is 0. The predicted molar refractivity (Wildman–Crippen MR) is 121 cm³/mol. The first-order valence-electron chi connectivity index (χ1n) is 9.79. The van der Waals surface area contributed by atoms with E-state index in [1.54, 1.807) is 12.2 Å². The van der Waals surface area contributed by atoms with Crippen LogP contribution in [0.15, 0.2) is 99.2 Å². The molecule has 2 aromatic rings. The van der Waals surface area contributed by atoms with Crippen molar-refractivity contribution in [3.63, 3.8) is 0 Å². The Hall–Kier alpha value is -3.26. The Bertz CT molecular complexity index is 860. The van der Waals surface area contributed by atoms with Crippen LogP contribution in [0.3, 0.4) is 0 Å². The first kappa shape index (κ1) is 22.0. The predicted octanol–water partition coefficient (Wildman–Crippen LogP) is 6.28. The second kappa shape index (κ2) is 10.3. The van der Waals surface area contributed by atoms with E-state index >= 15 is 0 Å². The van der Waals surface area contributed by atoms with Gasteiger partial charge in [0.25, 0.3) is 0 Å². The highest BCUT2D eigenvalue weighted by Gasteiger charge is 2.26. The summed E-state index contributed by atoms with van der Waals surface area (Å²) in [6.45, 7) is 17.1. The van der Waals surface area contributed by atoms with Gasteiger partial charge >= 0.3 is 0 Å². The van der Waals surface area contributed by atoms with E-state index in [1.807, 2.05) is 48.5 Å². The third-order valence-corrected chi connectivity index (χ3v) is 5.31. The molecule has 0 aromatic heterocycles. The molecule has 0 bridgehead atoms. The van der Waals surface area contributed by atoms with E-state index in [2.05, 4.69) is 33.2 Å². The van der Waals surface area contributed by atoms with Crippen molar-refractivity contribution >= 4 is 11.6 Å². The zero-order valence-electron chi connectivity index (χ0n) is 17.0. The summed E-state index contributed by atoms with van der Waals surface area (Å²) in [5.74, 6) is -1.05. The summed E-state index contributed by atoms with van der Waals surface area (Å²) < 4.78 is 0. The molecule has 2 atom stereocenters. The molecule has 0 amide bonds. The van der Waals surface area contributed by atoms with Gasteiger partial charge in [-0.2, -0.15) is 0 Å². The van der Waals surface area contributed by atoms with Crippen LogP contribution in [0.2, 0.25) is 0 Å². The second-order valence-electron chi connectivity index (χ2n) is 6.86. The number of hydrogen-bond acceptors (Lipinski definition) is 2. The lowest BCUT2D eigenvalue weighted by Gasteiger charge is -2.26. The summed E-state index contributed by atoms with van der Waals surface area (Å²) in [5, 5.41) is 0. The van der Waals surface area contributed by atoms with Crippen molar-refractivity contribution in [2.45, 2.75) is 31.1 Å². The monoisotopic (exact) mass is 384 g/mol. The molecule has 0 aliphatic heterocycles. The van der Waals surface area contributed by atoms with Crippen LogP contribution in [-0.4, -0.2) is 11.6 Å². The summed E-state index contributed by atoms with van der Waals surface area (Å²) in [7, 11) is 0. The van der Waals surface area contributed by atoms with Crippen LogP contribution in [-0.2, 0) is 9.59 Å². The van der Waals surface area contributed by atoms with E-state index in [4.69, 9.17) is 0 Å². The molecular weight excluding hydrogens is 356 g/mol. The molecular formula is C27H28O2. The highest BCUT2D eigenvalue weighted by molar-refractivity contribution is 5.97. The highest BCUT2D eigenvalue weighted by atomic mass is 16.1. The largest absolute Gasteiger partial charge is 0.294 e. The molecule has 0 heterocycles. The number of rotatable bonds is 11. The zero-order valence-corrected chi connectivity index (χ0v) is 17.0. The van der Waals surface area contributed by atoms with Crippen molar-refractivity contribution in [1.82, 2.24) is 0 Å². The van der Waals surface area contributed by atoms with Gasteiger partial charge in [-0.3, -0.25) is 9.59 Å². The van der Waals surface area contributed by atoms with Gasteiger partial charge in [-0.25, -0.2) is 0 Å². The summed E-state index contributed by atoms with van der Waals surface area (Å²) in [4.78, 5) is 24.9. The first-order valence-corrected chi connectivity index (χ1v) is 9.79. The molecule has 0 saturated heterocycles. The zero-order chi connectivity index (χ0) is 21.4. The molecule has 2 unspecified atom stereocenters. The van der Waals surface area contributed by atoms with Crippen LogP contribution in [0.5, 0.6) is 0 Å².